The molecule has 0 aliphatic heterocycles. The van der Waals surface area contributed by atoms with Crippen LogP contribution in [0.4, 0.5) is 10.1 Å². The maximum Gasteiger partial charge on any atom is 0.273 e. The molecule has 0 saturated heterocycles. The number of ether oxygens (including phenoxy) is 1. The zero-order valence-corrected chi connectivity index (χ0v) is 12.9. The van der Waals surface area contributed by atoms with Crippen LogP contribution in [0.5, 0.6) is 5.75 Å². The SMILES string of the molecule is O=[N+]([O-])c1ccc(I)c(OCC(O)c2cccc(F)c2)c1. The molecule has 0 aliphatic carbocycles. The Morgan fingerprint density at radius 3 is 2.76 bits per heavy atom. The van der Waals surface area contributed by atoms with Crippen LogP contribution < -0.4 is 4.74 Å². The van der Waals surface area contributed by atoms with E-state index < -0.39 is 16.8 Å². The zero-order valence-electron chi connectivity index (χ0n) is 10.7. The van der Waals surface area contributed by atoms with Crippen molar-refractivity contribution in [2.75, 3.05) is 6.61 Å². The number of hydrogen-bond donors (Lipinski definition) is 1. The van der Waals surface area contributed by atoms with Crippen molar-refractivity contribution in [3.05, 3.63) is 67.5 Å². The fraction of sp³-hybridized carbons (Fsp3) is 0.143. The van der Waals surface area contributed by atoms with Crippen molar-refractivity contribution < 1.29 is 19.2 Å². The smallest absolute Gasteiger partial charge is 0.273 e. The Bertz CT molecular complexity index is 665. The number of nitrogens with zero attached hydrogens (tertiary/aromatic N) is 1. The van der Waals surface area contributed by atoms with Crippen LogP contribution >= 0.6 is 22.6 Å². The minimum atomic E-state index is -1.02. The summed E-state index contributed by atoms with van der Waals surface area (Å²) in [5.41, 5.74) is 0.293. The Balaban J connectivity index is 2.09. The number of nitro groups is 1. The lowest BCUT2D eigenvalue weighted by Gasteiger charge is -2.13. The van der Waals surface area contributed by atoms with Crippen LogP contribution in [0.2, 0.25) is 0 Å². The maximum atomic E-state index is 13.1. The summed E-state index contributed by atoms with van der Waals surface area (Å²) in [6.45, 7) is -0.124. The van der Waals surface area contributed by atoms with Crippen molar-refractivity contribution in [3.63, 3.8) is 0 Å². The van der Waals surface area contributed by atoms with Gasteiger partial charge in [-0.1, -0.05) is 12.1 Å². The predicted octanol–water partition coefficient (Wildman–Crippen LogP) is 3.45. The number of benzene rings is 2. The second-order valence-electron chi connectivity index (χ2n) is 4.25. The van der Waals surface area contributed by atoms with E-state index in [1.54, 1.807) is 12.1 Å². The monoisotopic (exact) mass is 403 g/mol. The standard InChI is InChI=1S/C14H11FINO4/c15-10-3-1-2-9(6-10)13(18)8-21-14-7-11(17(19)20)4-5-12(14)16/h1-7,13,18H,8H2. The molecule has 21 heavy (non-hydrogen) atoms. The number of aliphatic hydroxyl groups excluding tert-OH is 1. The number of nitro benzene ring substituents is 1. The van der Waals surface area contributed by atoms with E-state index in [1.807, 2.05) is 22.6 Å². The summed E-state index contributed by atoms with van der Waals surface area (Å²) < 4.78 is 19.2. The number of aliphatic hydroxyl groups is 1. The van der Waals surface area contributed by atoms with E-state index >= 15 is 0 Å². The van der Waals surface area contributed by atoms with Gasteiger partial charge in [0.1, 0.15) is 24.3 Å². The minimum absolute atomic E-state index is 0.0920. The average molecular weight is 403 g/mol. The number of hydrogen-bond acceptors (Lipinski definition) is 4. The summed E-state index contributed by atoms with van der Waals surface area (Å²) >= 11 is 1.98. The summed E-state index contributed by atoms with van der Waals surface area (Å²) in [6, 6.07) is 9.79. The minimum Gasteiger partial charge on any atom is -0.489 e. The van der Waals surface area contributed by atoms with Crippen molar-refractivity contribution in [2.45, 2.75) is 6.10 Å². The molecule has 2 aromatic carbocycles. The third-order valence-electron chi connectivity index (χ3n) is 2.76. The van der Waals surface area contributed by atoms with E-state index in [9.17, 15) is 19.6 Å². The molecule has 0 aromatic heterocycles. The molecule has 0 aliphatic rings. The molecule has 110 valence electrons. The van der Waals surface area contributed by atoms with Crippen LogP contribution in [0, 0.1) is 19.5 Å². The van der Waals surface area contributed by atoms with Crippen LogP contribution in [0.3, 0.4) is 0 Å². The van der Waals surface area contributed by atoms with E-state index in [-0.39, 0.29) is 12.3 Å². The molecule has 0 fully saturated rings. The molecule has 1 atom stereocenters. The van der Waals surface area contributed by atoms with Gasteiger partial charge in [-0.05, 0) is 46.4 Å². The van der Waals surface area contributed by atoms with Crippen molar-refractivity contribution in [3.8, 4) is 5.75 Å². The topological polar surface area (TPSA) is 72.6 Å². The van der Waals surface area contributed by atoms with Crippen LogP contribution in [-0.2, 0) is 0 Å². The second kappa shape index (κ2) is 6.81. The Hall–Kier alpha value is -1.74. The lowest BCUT2D eigenvalue weighted by molar-refractivity contribution is -0.385. The van der Waals surface area contributed by atoms with Crippen LogP contribution in [0.15, 0.2) is 42.5 Å². The summed E-state index contributed by atoms with van der Waals surface area (Å²) in [6.07, 6.45) is -1.02. The highest BCUT2D eigenvalue weighted by Gasteiger charge is 2.13. The molecule has 2 aromatic rings. The molecule has 0 spiro atoms. The van der Waals surface area contributed by atoms with Gasteiger partial charge in [-0.2, -0.15) is 0 Å². The van der Waals surface area contributed by atoms with E-state index in [0.717, 1.165) is 0 Å². The highest BCUT2D eigenvalue weighted by molar-refractivity contribution is 14.1. The van der Waals surface area contributed by atoms with Crippen LogP contribution in [0.1, 0.15) is 11.7 Å². The summed E-state index contributed by atoms with van der Waals surface area (Å²) in [7, 11) is 0. The van der Waals surface area contributed by atoms with E-state index in [4.69, 9.17) is 4.74 Å². The second-order valence-corrected chi connectivity index (χ2v) is 5.42. The average Bonchev–Trinajstić information content (AvgIpc) is 2.45. The molecule has 5 nitrogen and oxygen atoms in total. The summed E-state index contributed by atoms with van der Waals surface area (Å²) in [5.74, 6) is -0.142. The summed E-state index contributed by atoms with van der Waals surface area (Å²) in [5, 5.41) is 20.7. The first kappa shape index (κ1) is 15.6. The lowest BCUT2D eigenvalue weighted by Crippen LogP contribution is -2.10. The molecule has 1 N–H and O–H groups in total. The number of halogens is 2. The van der Waals surface area contributed by atoms with Gasteiger partial charge in [0.05, 0.1) is 14.6 Å². The van der Waals surface area contributed by atoms with Crippen molar-refractivity contribution >= 4 is 28.3 Å². The van der Waals surface area contributed by atoms with Crippen molar-refractivity contribution in [1.82, 2.24) is 0 Å². The highest BCUT2D eigenvalue weighted by Crippen LogP contribution is 2.27. The normalized spacial score (nSPS) is 12.0. The molecule has 0 saturated carbocycles. The Morgan fingerprint density at radius 2 is 2.10 bits per heavy atom. The predicted molar refractivity (Wildman–Crippen MR) is 82.7 cm³/mol. The molecule has 0 heterocycles. The zero-order chi connectivity index (χ0) is 15.4. The van der Waals surface area contributed by atoms with Gasteiger partial charge >= 0.3 is 0 Å². The van der Waals surface area contributed by atoms with Gasteiger partial charge in [0.2, 0.25) is 0 Å². The van der Waals surface area contributed by atoms with Crippen molar-refractivity contribution in [1.29, 1.82) is 0 Å². The molecule has 0 radical (unpaired) electrons. The first-order valence-corrected chi connectivity index (χ1v) is 7.05. The third-order valence-corrected chi connectivity index (χ3v) is 3.65. The van der Waals surface area contributed by atoms with E-state index in [2.05, 4.69) is 0 Å². The fourth-order valence-electron chi connectivity index (χ4n) is 1.70. The Labute approximate surface area is 133 Å². The maximum absolute atomic E-state index is 13.1. The van der Waals surface area contributed by atoms with Crippen molar-refractivity contribution in [2.24, 2.45) is 0 Å². The van der Waals surface area contributed by atoms with Gasteiger partial charge < -0.3 is 9.84 Å². The lowest BCUT2D eigenvalue weighted by atomic mass is 10.1. The first-order chi connectivity index (χ1) is 9.97. The molecule has 0 bridgehead atoms. The number of non-ortho nitro benzene ring substituents is 1. The van der Waals surface area contributed by atoms with Crippen LogP contribution in [0.25, 0.3) is 0 Å². The molecular formula is C14H11FINO4. The number of rotatable bonds is 5. The van der Waals surface area contributed by atoms with E-state index in [0.29, 0.717) is 14.9 Å². The van der Waals surface area contributed by atoms with Gasteiger partial charge in [0.15, 0.2) is 0 Å². The largest absolute Gasteiger partial charge is 0.489 e. The summed E-state index contributed by atoms with van der Waals surface area (Å²) in [4.78, 5) is 10.2. The van der Waals surface area contributed by atoms with E-state index in [1.165, 1.54) is 30.3 Å². The molecule has 7 heteroatoms. The first-order valence-electron chi connectivity index (χ1n) is 5.97. The van der Waals surface area contributed by atoms with Gasteiger partial charge in [0, 0.05) is 6.07 Å². The fourth-order valence-corrected chi connectivity index (χ4v) is 2.19. The Kier molecular flexibility index (Phi) is 5.07. The van der Waals surface area contributed by atoms with Gasteiger partial charge in [0.25, 0.3) is 5.69 Å². The van der Waals surface area contributed by atoms with Gasteiger partial charge in [-0.3, -0.25) is 10.1 Å². The molecule has 1 unspecified atom stereocenters. The van der Waals surface area contributed by atoms with Gasteiger partial charge in [-0.15, -0.1) is 0 Å². The van der Waals surface area contributed by atoms with Crippen LogP contribution in [-0.4, -0.2) is 16.6 Å². The Morgan fingerprint density at radius 1 is 1.33 bits per heavy atom. The molecular weight excluding hydrogens is 392 g/mol. The quantitative estimate of drug-likeness (QED) is 0.472. The molecule has 2 rings (SSSR count). The third kappa shape index (κ3) is 4.11. The van der Waals surface area contributed by atoms with Gasteiger partial charge in [-0.25, -0.2) is 4.39 Å². The highest BCUT2D eigenvalue weighted by atomic mass is 127. The molecule has 0 amide bonds.